The number of carbonyl (C=O) groups is 1. The molecule has 0 radical (unpaired) electrons. The first-order valence-corrected chi connectivity index (χ1v) is 3.16. The first-order chi connectivity index (χ1) is 4.61. The monoisotopic (exact) mass is 176 g/mol. The van der Waals surface area contributed by atoms with Gasteiger partial charge >= 0.3 is 5.97 Å². The van der Waals surface area contributed by atoms with E-state index in [9.17, 15) is 4.79 Å². The van der Waals surface area contributed by atoms with E-state index in [0.717, 1.165) is 4.09 Å². The fourth-order valence-electron chi connectivity index (χ4n) is 0.535. The summed E-state index contributed by atoms with van der Waals surface area (Å²) in [6, 6.07) is 1.32. The Kier molecular flexibility index (Phi) is 1.82. The molecular formula is C4H4N2O2S2. The molecule has 54 valence electrons. The molecule has 0 saturated carbocycles. The average molecular weight is 176 g/mol. The standard InChI is InChI=1S/C4H4N2O2S2/c7-4(8)2-1-3(9)5-6(2)10/h1,10H,(H,5,9)(H,7,8). The number of H-pyrrole nitrogens is 1. The number of hydrogen-bond donors (Lipinski definition) is 3. The van der Waals surface area contributed by atoms with E-state index in [1.807, 2.05) is 0 Å². The number of nitrogens with one attached hydrogen (secondary N) is 1. The predicted octanol–water partition coefficient (Wildman–Crippen LogP) is 0.937. The third-order valence-corrected chi connectivity index (χ3v) is 1.46. The fourth-order valence-corrected chi connectivity index (χ4v) is 1.06. The van der Waals surface area contributed by atoms with Crippen molar-refractivity contribution < 1.29 is 9.90 Å². The molecule has 1 aromatic heterocycles. The third kappa shape index (κ3) is 1.22. The largest absolute Gasteiger partial charge is 0.476 e. The van der Waals surface area contributed by atoms with Gasteiger partial charge in [0.25, 0.3) is 0 Å². The topological polar surface area (TPSA) is 58.0 Å². The van der Waals surface area contributed by atoms with Crippen LogP contribution < -0.4 is 0 Å². The van der Waals surface area contributed by atoms with Crippen molar-refractivity contribution in [3.63, 3.8) is 0 Å². The molecule has 0 aliphatic carbocycles. The van der Waals surface area contributed by atoms with Gasteiger partial charge in [-0.25, -0.2) is 8.88 Å². The van der Waals surface area contributed by atoms with Gasteiger partial charge in [-0.3, -0.25) is 5.10 Å². The second-order valence-corrected chi connectivity index (χ2v) is 2.46. The van der Waals surface area contributed by atoms with Crippen LogP contribution in [0.5, 0.6) is 0 Å². The van der Waals surface area contributed by atoms with Gasteiger partial charge in [0.05, 0.1) is 0 Å². The Morgan fingerprint density at radius 1 is 1.90 bits per heavy atom. The van der Waals surface area contributed by atoms with Crippen molar-refractivity contribution >= 4 is 31.0 Å². The third-order valence-electron chi connectivity index (χ3n) is 0.931. The number of thiol groups is 1. The van der Waals surface area contributed by atoms with Gasteiger partial charge in [0.15, 0.2) is 5.69 Å². The van der Waals surface area contributed by atoms with E-state index in [-0.39, 0.29) is 5.69 Å². The number of aromatic amines is 1. The Balaban J connectivity index is 3.28. The van der Waals surface area contributed by atoms with Gasteiger partial charge in [-0.2, -0.15) is 0 Å². The molecule has 0 atom stereocenters. The molecular weight excluding hydrogens is 172 g/mol. The van der Waals surface area contributed by atoms with Crippen LogP contribution in [0, 0.1) is 4.64 Å². The molecule has 0 bridgehead atoms. The summed E-state index contributed by atoms with van der Waals surface area (Å²) in [5, 5.41) is 10.9. The van der Waals surface area contributed by atoms with Crippen molar-refractivity contribution in [2.75, 3.05) is 0 Å². The lowest BCUT2D eigenvalue weighted by Crippen LogP contribution is -2.01. The summed E-state index contributed by atoms with van der Waals surface area (Å²) in [4.78, 5) is 10.3. The molecule has 1 heterocycles. The summed E-state index contributed by atoms with van der Waals surface area (Å²) in [6.07, 6.45) is 0. The zero-order valence-electron chi connectivity index (χ0n) is 4.74. The molecule has 2 N–H and O–H groups in total. The number of rotatable bonds is 1. The molecule has 6 heteroatoms. The Morgan fingerprint density at radius 2 is 2.50 bits per heavy atom. The molecule has 0 aliphatic heterocycles. The number of aromatic nitrogens is 2. The molecule has 0 unspecified atom stereocenters. The summed E-state index contributed by atoms with van der Waals surface area (Å²) in [6.45, 7) is 0. The van der Waals surface area contributed by atoms with Crippen LogP contribution in [0.4, 0.5) is 0 Å². The number of aromatic carboxylic acids is 1. The van der Waals surface area contributed by atoms with Gasteiger partial charge in [0.2, 0.25) is 0 Å². The Bertz CT molecular complexity index is 313. The molecule has 4 nitrogen and oxygen atoms in total. The predicted molar refractivity (Wildman–Crippen MR) is 41.0 cm³/mol. The minimum absolute atomic E-state index is 0.0355. The molecule has 0 spiro atoms. The van der Waals surface area contributed by atoms with Gasteiger partial charge < -0.3 is 5.11 Å². The zero-order chi connectivity index (χ0) is 7.72. The SMILES string of the molecule is O=C(O)c1cc(=S)[nH]n1S. The highest BCUT2D eigenvalue weighted by molar-refractivity contribution is 7.78. The van der Waals surface area contributed by atoms with E-state index < -0.39 is 5.97 Å². The fraction of sp³-hybridized carbons (Fsp3) is 0. The number of carboxylic acids is 1. The van der Waals surface area contributed by atoms with E-state index in [4.69, 9.17) is 5.11 Å². The van der Waals surface area contributed by atoms with E-state index in [1.54, 1.807) is 0 Å². The molecule has 1 aromatic rings. The summed E-state index contributed by atoms with van der Waals surface area (Å²) in [5.41, 5.74) is 0.0355. The van der Waals surface area contributed by atoms with E-state index in [1.165, 1.54) is 6.07 Å². The second-order valence-electron chi connectivity index (χ2n) is 1.62. The molecule has 0 fully saturated rings. The average Bonchev–Trinajstić information content (AvgIpc) is 2.10. The van der Waals surface area contributed by atoms with Crippen LogP contribution in [0.15, 0.2) is 6.07 Å². The minimum Gasteiger partial charge on any atom is -0.476 e. The Labute approximate surface area is 67.0 Å². The van der Waals surface area contributed by atoms with Crippen LogP contribution in [-0.4, -0.2) is 20.3 Å². The normalized spacial score (nSPS) is 9.70. The highest BCUT2D eigenvalue weighted by Gasteiger charge is 2.06. The van der Waals surface area contributed by atoms with Crippen molar-refractivity contribution in [1.29, 1.82) is 0 Å². The maximum atomic E-state index is 10.3. The Hall–Kier alpha value is -0.750. The number of nitrogens with zero attached hydrogens (tertiary/aromatic N) is 1. The van der Waals surface area contributed by atoms with Crippen molar-refractivity contribution in [3.05, 3.63) is 16.4 Å². The van der Waals surface area contributed by atoms with Crippen LogP contribution in [0.25, 0.3) is 0 Å². The van der Waals surface area contributed by atoms with E-state index in [0.29, 0.717) is 4.64 Å². The lowest BCUT2D eigenvalue weighted by molar-refractivity contribution is 0.0689. The summed E-state index contributed by atoms with van der Waals surface area (Å²) in [5.74, 6) is -1.05. The van der Waals surface area contributed by atoms with Crippen LogP contribution in [0.1, 0.15) is 10.5 Å². The van der Waals surface area contributed by atoms with Gasteiger partial charge in [0, 0.05) is 6.07 Å². The number of hydrogen-bond acceptors (Lipinski definition) is 3. The lowest BCUT2D eigenvalue weighted by atomic mass is 10.5. The first kappa shape index (κ1) is 7.36. The zero-order valence-corrected chi connectivity index (χ0v) is 6.45. The van der Waals surface area contributed by atoms with E-state index >= 15 is 0 Å². The summed E-state index contributed by atoms with van der Waals surface area (Å²) >= 11 is 8.42. The van der Waals surface area contributed by atoms with Crippen LogP contribution in [0.2, 0.25) is 0 Å². The smallest absolute Gasteiger partial charge is 0.355 e. The highest BCUT2D eigenvalue weighted by Crippen LogP contribution is 2.00. The van der Waals surface area contributed by atoms with Gasteiger partial charge in [-0.15, -0.1) is 0 Å². The maximum absolute atomic E-state index is 10.3. The highest BCUT2D eigenvalue weighted by atomic mass is 32.1. The summed E-state index contributed by atoms with van der Waals surface area (Å²) < 4.78 is 1.41. The minimum atomic E-state index is -1.05. The molecule has 1 rings (SSSR count). The van der Waals surface area contributed by atoms with Gasteiger partial charge in [0.1, 0.15) is 4.64 Å². The molecule has 0 aromatic carbocycles. The molecule has 10 heavy (non-hydrogen) atoms. The first-order valence-electron chi connectivity index (χ1n) is 2.36. The van der Waals surface area contributed by atoms with Crippen molar-refractivity contribution in [1.82, 2.24) is 9.19 Å². The summed E-state index contributed by atoms with van der Waals surface area (Å²) in [7, 11) is 0. The molecule has 0 saturated heterocycles. The maximum Gasteiger partial charge on any atom is 0.355 e. The van der Waals surface area contributed by atoms with Crippen LogP contribution in [-0.2, 0) is 0 Å². The van der Waals surface area contributed by atoms with Crippen molar-refractivity contribution in [2.45, 2.75) is 0 Å². The van der Waals surface area contributed by atoms with Crippen molar-refractivity contribution in [3.8, 4) is 0 Å². The van der Waals surface area contributed by atoms with Gasteiger partial charge in [-0.05, 0) is 12.8 Å². The van der Waals surface area contributed by atoms with Crippen molar-refractivity contribution in [2.24, 2.45) is 0 Å². The quantitative estimate of drug-likeness (QED) is 0.441. The van der Waals surface area contributed by atoms with Gasteiger partial charge in [-0.1, -0.05) is 12.2 Å². The lowest BCUT2D eigenvalue weighted by Gasteiger charge is -1.90. The molecule has 0 amide bonds. The number of carboxylic acid groups (broad SMARTS) is 1. The Morgan fingerprint density at radius 3 is 2.70 bits per heavy atom. The van der Waals surface area contributed by atoms with E-state index in [2.05, 4.69) is 30.1 Å². The second kappa shape index (κ2) is 2.47. The molecule has 0 aliphatic rings. The van der Waals surface area contributed by atoms with Crippen LogP contribution >= 0.6 is 25.0 Å². The van der Waals surface area contributed by atoms with Crippen LogP contribution in [0.3, 0.4) is 0 Å².